The van der Waals surface area contributed by atoms with E-state index in [4.69, 9.17) is 16.3 Å². The van der Waals surface area contributed by atoms with Gasteiger partial charge in [-0.2, -0.15) is 13.9 Å². The number of nitrogens with one attached hydrogen (secondary N) is 1. The summed E-state index contributed by atoms with van der Waals surface area (Å²) in [6.07, 6.45) is 2.34. The number of carboxylic acids is 1. The number of anilines is 1. The summed E-state index contributed by atoms with van der Waals surface area (Å²) in [5, 5.41) is 17.8. The van der Waals surface area contributed by atoms with E-state index in [1.54, 1.807) is 15.8 Å². The molecule has 0 atom stereocenters. The Balaban J connectivity index is 1.52. The van der Waals surface area contributed by atoms with Gasteiger partial charge in [0.15, 0.2) is 5.75 Å². The molecule has 14 heteroatoms. The van der Waals surface area contributed by atoms with E-state index in [2.05, 4.69) is 15.2 Å². The van der Waals surface area contributed by atoms with Crippen LogP contribution in [0.3, 0.4) is 0 Å². The first-order chi connectivity index (χ1) is 21.3. The highest BCUT2D eigenvalue weighted by molar-refractivity contribution is 6.30. The second-order valence-electron chi connectivity index (χ2n) is 12.6. The summed E-state index contributed by atoms with van der Waals surface area (Å²) in [5.41, 5.74) is -1.36. The number of likely N-dealkylation sites (tertiary alicyclic amines) is 2. The van der Waals surface area contributed by atoms with Crippen LogP contribution < -0.4 is 10.1 Å². The Morgan fingerprint density at radius 1 is 1.04 bits per heavy atom. The lowest BCUT2D eigenvalue weighted by Crippen LogP contribution is -2.57. The molecule has 1 aromatic carbocycles. The van der Waals surface area contributed by atoms with E-state index in [1.807, 2.05) is 38.7 Å². The van der Waals surface area contributed by atoms with Crippen molar-refractivity contribution >= 4 is 35.3 Å². The third-order valence-electron chi connectivity index (χ3n) is 8.68. The zero-order valence-electron chi connectivity index (χ0n) is 26.1. The standard InChI is InChI=1S/C31H42ClF2N5O6/c1-20(2)18-44-29(43)38-15-8-30(9-16-38,27(41)42)19-37-13-10-31(11-14-37,39-24(21(3)4)7-12-35-39)26(40)36-23-6-5-22(32)17-25(23)45-28(33)34/h5-7,12,17,20-21,28H,8-11,13-16,18-19H2,1-4H3,(H,36,40)(H,41,42). The lowest BCUT2D eigenvalue weighted by atomic mass is 9.76. The summed E-state index contributed by atoms with van der Waals surface area (Å²) in [4.78, 5) is 42.8. The van der Waals surface area contributed by atoms with Gasteiger partial charge in [0.1, 0.15) is 5.54 Å². The highest BCUT2D eigenvalue weighted by atomic mass is 35.5. The normalized spacial score (nSPS) is 18.3. The summed E-state index contributed by atoms with van der Waals surface area (Å²) in [6.45, 7) is 6.65. The molecular weight excluding hydrogens is 612 g/mol. The summed E-state index contributed by atoms with van der Waals surface area (Å²) in [5.74, 6) is -1.39. The van der Waals surface area contributed by atoms with Crippen molar-refractivity contribution in [2.75, 3.05) is 44.6 Å². The van der Waals surface area contributed by atoms with Crippen LogP contribution >= 0.6 is 11.6 Å². The smallest absolute Gasteiger partial charge is 0.409 e. The number of carboxylic acid groups (broad SMARTS) is 1. The molecule has 0 radical (unpaired) electrons. The van der Waals surface area contributed by atoms with Crippen LogP contribution in [-0.2, 0) is 19.9 Å². The molecule has 3 heterocycles. The molecule has 2 fully saturated rings. The van der Waals surface area contributed by atoms with Crippen molar-refractivity contribution in [2.45, 2.75) is 71.4 Å². The fourth-order valence-corrected chi connectivity index (χ4v) is 6.23. The Kier molecular flexibility index (Phi) is 11.0. The number of aromatic nitrogens is 2. The van der Waals surface area contributed by atoms with Gasteiger partial charge >= 0.3 is 18.7 Å². The summed E-state index contributed by atoms with van der Waals surface area (Å²) in [6, 6.07) is 5.94. The van der Waals surface area contributed by atoms with Crippen molar-refractivity contribution in [3.8, 4) is 5.75 Å². The molecule has 4 rings (SSSR count). The fraction of sp³-hybridized carbons (Fsp3) is 0.613. The molecule has 2 aromatic rings. The quantitative estimate of drug-likeness (QED) is 0.319. The van der Waals surface area contributed by atoms with Crippen molar-refractivity contribution in [3.63, 3.8) is 0 Å². The largest absolute Gasteiger partial charge is 0.481 e. The Bertz CT molecular complexity index is 1350. The van der Waals surface area contributed by atoms with Crippen molar-refractivity contribution in [1.29, 1.82) is 0 Å². The monoisotopic (exact) mass is 653 g/mol. The molecule has 11 nitrogen and oxygen atoms in total. The summed E-state index contributed by atoms with van der Waals surface area (Å²) in [7, 11) is 0. The molecule has 2 N–H and O–H groups in total. The molecular formula is C31H42ClF2N5O6. The van der Waals surface area contributed by atoms with Crippen molar-refractivity contribution in [1.82, 2.24) is 19.6 Å². The van der Waals surface area contributed by atoms with Crippen LogP contribution in [0.15, 0.2) is 30.5 Å². The molecule has 45 heavy (non-hydrogen) atoms. The molecule has 2 aliphatic rings. The predicted molar refractivity (Wildman–Crippen MR) is 164 cm³/mol. The Morgan fingerprint density at radius 3 is 2.29 bits per heavy atom. The van der Waals surface area contributed by atoms with Gasteiger partial charge in [-0.1, -0.05) is 39.3 Å². The number of ether oxygens (including phenoxy) is 2. The van der Waals surface area contributed by atoms with Gasteiger partial charge in [-0.25, -0.2) is 4.79 Å². The summed E-state index contributed by atoms with van der Waals surface area (Å²) >= 11 is 6.00. The Labute approximate surface area is 266 Å². The minimum absolute atomic E-state index is 0.0381. The zero-order valence-corrected chi connectivity index (χ0v) is 26.9. The second-order valence-corrected chi connectivity index (χ2v) is 13.1. The van der Waals surface area contributed by atoms with Gasteiger partial charge in [0.25, 0.3) is 5.91 Å². The molecule has 0 saturated carbocycles. The first-order valence-corrected chi connectivity index (χ1v) is 15.6. The van der Waals surface area contributed by atoms with Crippen LogP contribution in [0.2, 0.25) is 5.02 Å². The number of nitrogens with zero attached hydrogens (tertiary/aromatic N) is 4. The predicted octanol–water partition coefficient (Wildman–Crippen LogP) is 5.65. The minimum atomic E-state index is -3.12. The number of alkyl halides is 2. The zero-order chi connectivity index (χ0) is 32.9. The van der Waals surface area contributed by atoms with E-state index < -0.39 is 35.5 Å². The molecule has 2 saturated heterocycles. The second kappa shape index (κ2) is 14.3. The van der Waals surface area contributed by atoms with Crippen molar-refractivity contribution in [2.24, 2.45) is 11.3 Å². The third-order valence-corrected chi connectivity index (χ3v) is 8.92. The van der Waals surface area contributed by atoms with E-state index in [1.165, 1.54) is 18.2 Å². The van der Waals surface area contributed by atoms with Crippen LogP contribution in [-0.4, -0.2) is 88.6 Å². The molecule has 2 amide bonds. The van der Waals surface area contributed by atoms with E-state index in [0.717, 1.165) is 5.69 Å². The third kappa shape index (κ3) is 7.86. The van der Waals surface area contributed by atoms with Gasteiger partial charge in [-0.05, 0) is 55.7 Å². The molecule has 2 aliphatic heterocycles. The maximum absolute atomic E-state index is 14.1. The average Bonchev–Trinajstić information content (AvgIpc) is 3.49. The van der Waals surface area contributed by atoms with Gasteiger partial charge < -0.3 is 29.7 Å². The van der Waals surface area contributed by atoms with Crippen LogP contribution in [0.25, 0.3) is 0 Å². The summed E-state index contributed by atoms with van der Waals surface area (Å²) < 4.78 is 38.0. The van der Waals surface area contributed by atoms with Crippen LogP contribution in [0.5, 0.6) is 5.75 Å². The van der Waals surface area contributed by atoms with Gasteiger partial charge in [0.2, 0.25) is 0 Å². The first-order valence-electron chi connectivity index (χ1n) is 15.2. The van der Waals surface area contributed by atoms with Crippen molar-refractivity contribution in [3.05, 3.63) is 41.2 Å². The number of piperidine rings is 2. The first kappa shape index (κ1) is 34.4. The van der Waals surface area contributed by atoms with Gasteiger partial charge in [-0.3, -0.25) is 14.3 Å². The molecule has 0 aliphatic carbocycles. The highest BCUT2D eigenvalue weighted by Crippen LogP contribution is 2.39. The number of halogens is 3. The Hall–Kier alpha value is -3.45. The van der Waals surface area contributed by atoms with E-state index in [-0.39, 0.29) is 60.8 Å². The number of carbonyl (C=O) groups is 3. The molecule has 0 unspecified atom stereocenters. The number of carbonyl (C=O) groups excluding carboxylic acids is 2. The number of aliphatic carboxylic acids is 1. The molecule has 1 aromatic heterocycles. The van der Waals surface area contributed by atoms with Gasteiger partial charge in [0.05, 0.1) is 17.7 Å². The SMILES string of the molecule is CC(C)COC(=O)N1CCC(CN2CCC(C(=O)Nc3ccc(Cl)cc3OC(F)F)(n3nccc3C(C)C)CC2)(C(=O)O)CC1. The maximum Gasteiger partial charge on any atom is 0.409 e. The number of benzene rings is 1. The van der Waals surface area contributed by atoms with E-state index >= 15 is 0 Å². The molecule has 0 bridgehead atoms. The van der Waals surface area contributed by atoms with E-state index in [9.17, 15) is 28.3 Å². The number of hydrogen-bond acceptors (Lipinski definition) is 7. The van der Waals surface area contributed by atoms with Gasteiger partial charge in [0, 0.05) is 55.7 Å². The topological polar surface area (TPSA) is 126 Å². The van der Waals surface area contributed by atoms with E-state index in [0.29, 0.717) is 32.5 Å². The number of rotatable bonds is 11. The molecule has 248 valence electrons. The maximum atomic E-state index is 14.1. The van der Waals surface area contributed by atoms with Gasteiger partial charge in [-0.15, -0.1) is 0 Å². The lowest BCUT2D eigenvalue weighted by molar-refractivity contribution is -0.154. The number of hydrogen-bond donors (Lipinski definition) is 2. The van der Waals surface area contributed by atoms with Crippen LogP contribution in [0.1, 0.15) is 65.0 Å². The fourth-order valence-electron chi connectivity index (χ4n) is 6.07. The van der Waals surface area contributed by atoms with Crippen molar-refractivity contribution < 1.29 is 37.7 Å². The Morgan fingerprint density at radius 2 is 1.71 bits per heavy atom. The highest BCUT2D eigenvalue weighted by Gasteiger charge is 2.49. The van der Waals surface area contributed by atoms with Crippen LogP contribution in [0.4, 0.5) is 19.3 Å². The van der Waals surface area contributed by atoms with Crippen LogP contribution in [0, 0.1) is 11.3 Å². The molecule has 0 spiro atoms. The lowest BCUT2D eigenvalue weighted by Gasteiger charge is -2.45. The minimum Gasteiger partial charge on any atom is -0.481 e. The number of amides is 2. The average molecular weight is 654 g/mol.